The van der Waals surface area contributed by atoms with Gasteiger partial charge in [-0.15, -0.1) is 0 Å². The van der Waals surface area contributed by atoms with E-state index in [1.807, 2.05) is 0 Å². The van der Waals surface area contributed by atoms with Crippen LogP contribution in [0.4, 0.5) is 0 Å². The second-order valence-corrected chi connectivity index (χ2v) is 3.85. The second kappa shape index (κ2) is 6.39. The number of rotatable bonds is 8. The number of carbonyl (C=O) groups is 2. The summed E-state index contributed by atoms with van der Waals surface area (Å²) in [7, 11) is 0. The van der Waals surface area contributed by atoms with E-state index >= 15 is 0 Å². The average Bonchev–Trinajstić information content (AvgIpc) is 2.31. The zero-order chi connectivity index (χ0) is 14.5. The highest BCUT2D eigenvalue weighted by Crippen LogP contribution is 2.26. The molecule has 0 fully saturated rings. The van der Waals surface area contributed by atoms with Gasteiger partial charge in [0.2, 0.25) is 11.8 Å². The SMILES string of the molecule is C=C(CCC(N)=O)C(=C)C(=C)C(=C)C(=C)C(N)=O. The summed E-state index contributed by atoms with van der Waals surface area (Å²) in [6.45, 7) is 18.5. The molecule has 0 spiro atoms. The Balaban J connectivity index is 4.70. The third-order valence-corrected chi connectivity index (χ3v) is 2.49. The molecule has 0 rings (SSSR count). The Labute approximate surface area is 107 Å². The minimum atomic E-state index is -0.670. The Hall–Kier alpha value is -2.36. The van der Waals surface area contributed by atoms with Gasteiger partial charge in [0.1, 0.15) is 0 Å². The van der Waals surface area contributed by atoms with E-state index in [1.165, 1.54) is 0 Å². The van der Waals surface area contributed by atoms with Gasteiger partial charge in [-0.2, -0.15) is 0 Å². The quantitative estimate of drug-likeness (QED) is 0.502. The predicted molar refractivity (Wildman–Crippen MR) is 73.3 cm³/mol. The van der Waals surface area contributed by atoms with Crippen LogP contribution in [0.5, 0.6) is 0 Å². The molecule has 0 radical (unpaired) electrons. The first-order chi connectivity index (χ1) is 8.18. The molecule has 96 valence electrons. The smallest absolute Gasteiger partial charge is 0.248 e. The number of allylic oxidation sites excluding steroid dienone is 3. The first kappa shape index (κ1) is 15.6. The summed E-state index contributed by atoms with van der Waals surface area (Å²) in [4.78, 5) is 21.6. The van der Waals surface area contributed by atoms with Crippen LogP contribution >= 0.6 is 0 Å². The van der Waals surface area contributed by atoms with Gasteiger partial charge in [0, 0.05) is 12.0 Å². The van der Waals surface area contributed by atoms with Crippen LogP contribution in [0.3, 0.4) is 0 Å². The Bertz CT molecular complexity index is 470. The van der Waals surface area contributed by atoms with Crippen LogP contribution in [0.25, 0.3) is 0 Å². The summed E-state index contributed by atoms with van der Waals surface area (Å²) in [6.07, 6.45) is 0.553. The highest BCUT2D eigenvalue weighted by atomic mass is 16.1. The summed E-state index contributed by atoms with van der Waals surface area (Å²) in [5.41, 5.74) is 12.1. The number of hydrogen-bond donors (Lipinski definition) is 2. The van der Waals surface area contributed by atoms with Gasteiger partial charge in [-0.05, 0) is 28.7 Å². The maximum absolute atomic E-state index is 11.0. The first-order valence-electron chi connectivity index (χ1n) is 5.21. The lowest BCUT2D eigenvalue weighted by atomic mass is 9.90. The van der Waals surface area contributed by atoms with Crippen molar-refractivity contribution in [3.8, 4) is 0 Å². The lowest BCUT2D eigenvalue weighted by Gasteiger charge is -2.14. The molecular weight excluding hydrogens is 228 g/mol. The van der Waals surface area contributed by atoms with Gasteiger partial charge in [0.25, 0.3) is 0 Å². The molecule has 4 N–H and O–H groups in total. The first-order valence-corrected chi connectivity index (χ1v) is 5.21. The lowest BCUT2D eigenvalue weighted by molar-refractivity contribution is -0.118. The van der Waals surface area contributed by atoms with Gasteiger partial charge >= 0.3 is 0 Å². The second-order valence-electron chi connectivity index (χ2n) is 3.85. The molecule has 0 saturated heterocycles. The van der Waals surface area contributed by atoms with E-state index in [4.69, 9.17) is 11.5 Å². The molecule has 0 saturated carbocycles. The van der Waals surface area contributed by atoms with Gasteiger partial charge in [-0.25, -0.2) is 0 Å². The molecule has 0 aromatic heterocycles. The van der Waals surface area contributed by atoms with Crippen LogP contribution in [0, 0.1) is 0 Å². The molecule has 0 aromatic carbocycles. The van der Waals surface area contributed by atoms with Gasteiger partial charge < -0.3 is 11.5 Å². The number of hydrogen-bond acceptors (Lipinski definition) is 2. The monoisotopic (exact) mass is 246 g/mol. The third kappa shape index (κ3) is 4.25. The summed E-state index contributed by atoms with van der Waals surface area (Å²) < 4.78 is 0. The van der Waals surface area contributed by atoms with E-state index in [-0.39, 0.29) is 12.0 Å². The van der Waals surface area contributed by atoms with Crippen molar-refractivity contribution in [2.24, 2.45) is 11.5 Å². The summed E-state index contributed by atoms with van der Waals surface area (Å²) in [6, 6.07) is 0. The van der Waals surface area contributed by atoms with Crippen molar-refractivity contribution in [2.45, 2.75) is 12.8 Å². The average molecular weight is 246 g/mol. The molecule has 4 heteroatoms. The minimum absolute atomic E-state index is 0.0730. The van der Waals surface area contributed by atoms with Crippen molar-refractivity contribution in [3.05, 3.63) is 60.8 Å². The molecule has 0 heterocycles. The normalized spacial score (nSPS) is 9.33. The Morgan fingerprint density at radius 1 is 0.722 bits per heavy atom. The summed E-state index contributed by atoms with van der Waals surface area (Å²) >= 11 is 0. The van der Waals surface area contributed by atoms with Crippen LogP contribution in [0.1, 0.15) is 12.8 Å². The van der Waals surface area contributed by atoms with Crippen molar-refractivity contribution in [2.75, 3.05) is 0 Å². The van der Waals surface area contributed by atoms with E-state index in [2.05, 4.69) is 32.9 Å². The minimum Gasteiger partial charge on any atom is -0.370 e. The fraction of sp³-hybridized carbons (Fsp3) is 0.143. The topological polar surface area (TPSA) is 86.2 Å². The molecule has 2 amide bonds. The van der Waals surface area contributed by atoms with Crippen LogP contribution in [0.15, 0.2) is 60.8 Å². The van der Waals surface area contributed by atoms with Crippen molar-refractivity contribution >= 4 is 11.8 Å². The molecule has 0 aliphatic rings. The maximum atomic E-state index is 11.0. The molecular formula is C14H18N2O2. The van der Waals surface area contributed by atoms with E-state index < -0.39 is 11.8 Å². The predicted octanol–water partition coefficient (Wildman–Crippen LogP) is 1.52. The molecule has 0 aliphatic heterocycles. The maximum Gasteiger partial charge on any atom is 0.248 e. The Morgan fingerprint density at radius 3 is 1.56 bits per heavy atom. The molecule has 0 aromatic rings. The highest BCUT2D eigenvalue weighted by Gasteiger charge is 2.14. The van der Waals surface area contributed by atoms with Crippen LogP contribution in [-0.4, -0.2) is 11.8 Å². The number of carbonyl (C=O) groups excluding carboxylic acids is 2. The van der Waals surface area contributed by atoms with E-state index in [9.17, 15) is 9.59 Å². The largest absolute Gasteiger partial charge is 0.370 e. The summed E-state index contributed by atoms with van der Waals surface area (Å²) in [5, 5.41) is 0. The van der Waals surface area contributed by atoms with Crippen molar-refractivity contribution < 1.29 is 9.59 Å². The molecule has 18 heavy (non-hydrogen) atoms. The Morgan fingerprint density at radius 2 is 1.17 bits per heavy atom. The number of nitrogens with two attached hydrogens (primary N) is 2. The van der Waals surface area contributed by atoms with Crippen molar-refractivity contribution in [1.82, 2.24) is 0 Å². The molecule has 0 unspecified atom stereocenters. The van der Waals surface area contributed by atoms with Crippen molar-refractivity contribution in [1.29, 1.82) is 0 Å². The molecule has 0 atom stereocenters. The van der Waals surface area contributed by atoms with E-state index in [0.29, 0.717) is 28.7 Å². The van der Waals surface area contributed by atoms with Crippen LogP contribution in [-0.2, 0) is 9.59 Å². The zero-order valence-corrected chi connectivity index (χ0v) is 10.4. The van der Waals surface area contributed by atoms with Gasteiger partial charge in [0.15, 0.2) is 0 Å². The molecule has 0 bridgehead atoms. The van der Waals surface area contributed by atoms with E-state index in [0.717, 1.165) is 0 Å². The van der Waals surface area contributed by atoms with Crippen LogP contribution in [0.2, 0.25) is 0 Å². The third-order valence-electron chi connectivity index (χ3n) is 2.49. The Kier molecular flexibility index (Phi) is 5.56. The molecule has 0 aliphatic carbocycles. The number of primary amides is 2. The zero-order valence-electron chi connectivity index (χ0n) is 10.4. The van der Waals surface area contributed by atoms with Crippen LogP contribution < -0.4 is 11.5 Å². The molecule has 4 nitrogen and oxygen atoms in total. The van der Waals surface area contributed by atoms with Gasteiger partial charge in [-0.3, -0.25) is 9.59 Å². The van der Waals surface area contributed by atoms with Gasteiger partial charge in [0.05, 0.1) is 0 Å². The fourth-order valence-corrected chi connectivity index (χ4v) is 1.15. The van der Waals surface area contributed by atoms with E-state index in [1.54, 1.807) is 0 Å². The van der Waals surface area contributed by atoms with Gasteiger partial charge in [-0.1, -0.05) is 32.9 Å². The fourth-order valence-electron chi connectivity index (χ4n) is 1.15. The standard InChI is InChI=1S/C14H18N2O2/c1-8(6-7-13(15)17)9(2)10(3)11(4)12(5)14(16)18/h1-7H2,(H2,15,17)(H2,16,18). The van der Waals surface area contributed by atoms with Crippen molar-refractivity contribution in [3.63, 3.8) is 0 Å². The number of amides is 2. The summed E-state index contributed by atoms with van der Waals surface area (Å²) in [5.74, 6) is -1.09. The highest BCUT2D eigenvalue weighted by molar-refractivity contribution is 5.97. The lowest BCUT2D eigenvalue weighted by Crippen LogP contribution is -2.15.